The summed E-state index contributed by atoms with van der Waals surface area (Å²) in [5.74, 6) is -0.607. The van der Waals surface area contributed by atoms with E-state index in [1.54, 1.807) is 5.40 Å². The van der Waals surface area contributed by atoms with E-state index in [9.17, 15) is 0 Å². The van der Waals surface area contributed by atoms with Crippen LogP contribution in [0.5, 0.6) is 0 Å². The standard InChI is InChI=1S/C2H4N4S.C2H4N4.CH5N3/c3-1-7-6-2(4)5;3-1-6-2(4)5;2-1(3)4/h(H4,4,5,6);(H4,4,5,6);(H5,2,3,4). The summed E-state index contributed by atoms with van der Waals surface area (Å²) in [6, 6.07) is 0. The van der Waals surface area contributed by atoms with Gasteiger partial charge in [0.05, 0.1) is 11.9 Å². The van der Waals surface area contributed by atoms with E-state index < -0.39 is 0 Å². The molecular formula is C5H13N11S. The first-order valence-corrected chi connectivity index (χ1v) is 4.26. The first-order valence-electron chi connectivity index (χ1n) is 3.49. The second-order valence-corrected chi connectivity index (χ2v) is 2.34. The summed E-state index contributed by atoms with van der Waals surface area (Å²) in [5.41, 5.74) is 28.0. The van der Waals surface area contributed by atoms with E-state index in [0.29, 0.717) is 11.9 Å². The Hall–Kier alpha value is -2.86. The first-order chi connectivity index (χ1) is 7.77. The Morgan fingerprint density at radius 2 is 1.41 bits per heavy atom. The predicted molar refractivity (Wildman–Crippen MR) is 66.5 cm³/mol. The van der Waals surface area contributed by atoms with E-state index in [2.05, 4.69) is 20.9 Å². The average Bonchev–Trinajstić information content (AvgIpc) is 2.14. The van der Waals surface area contributed by atoms with Crippen LogP contribution in [0.25, 0.3) is 0 Å². The molecule has 94 valence electrons. The second kappa shape index (κ2) is 15.6. The molecule has 0 atom stereocenters. The molecule has 0 saturated heterocycles. The molecule has 0 rings (SSSR count). The highest BCUT2D eigenvalue weighted by atomic mass is 32.2. The van der Waals surface area contributed by atoms with E-state index in [1.165, 1.54) is 6.19 Å². The Balaban J connectivity index is -0.000000180. The predicted octanol–water partition coefficient (Wildman–Crippen LogP) is -3.03. The number of nitrogens with two attached hydrogens (primary N) is 6. The second-order valence-electron chi connectivity index (χ2n) is 1.79. The molecule has 0 radical (unpaired) electrons. The Morgan fingerprint density at radius 1 is 1.00 bits per heavy atom. The summed E-state index contributed by atoms with van der Waals surface area (Å²) in [7, 11) is 0. The molecule has 0 aliphatic heterocycles. The molecule has 0 aromatic carbocycles. The number of hydrogen-bond acceptors (Lipinski definition) is 6. The summed E-state index contributed by atoms with van der Waals surface area (Å²) in [6.45, 7) is 0. The van der Waals surface area contributed by atoms with Crippen LogP contribution in [0, 0.1) is 27.5 Å². The lowest BCUT2D eigenvalue weighted by atomic mass is 11.1. The van der Waals surface area contributed by atoms with Crippen LogP contribution in [-0.2, 0) is 0 Å². The lowest BCUT2D eigenvalue weighted by Gasteiger charge is -1.79. The highest BCUT2D eigenvalue weighted by Crippen LogP contribution is 1.93. The molecule has 0 aliphatic rings. The quantitative estimate of drug-likeness (QED) is 0.109. The van der Waals surface area contributed by atoms with Crippen molar-refractivity contribution < 1.29 is 0 Å². The fraction of sp³-hybridized carbons (Fsp3) is 0. The van der Waals surface area contributed by atoms with Gasteiger partial charge in [-0.05, 0) is 0 Å². The minimum absolute atomic E-state index is 0.0773. The Morgan fingerprint density at radius 3 is 1.47 bits per heavy atom. The lowest BCUT2D eigenvalue weighted by Crippen LogP contribution is -2.21. The minimum atomic E-state index is -0.333. The van der Waals surface area contributed by atoms with Gasteiger partial charge in [0.25, 0.3) is 0 Å². The molecule has 0 unspecified atom stereocenters. The lowest BCUT2D eigenvalue weighted by molar-refractivity contribution is 1.39. The van der Waals surface area contributed by atoms with Crippen LogP contribution in [0.4, 0.5) is 0 Å². The number of nitrogens with zero attached hydrogens (tertiary/aromatic N) is 4. The first kappa shape index (κ1) is 19.7. The fourth-order valence-electron chi connectivity index (χ4n) is 0.131. The van der Waals surface area contributed by atoms with E-state index in [4.69, 9.17) is 38.9 Å². The van der Waals surface area contributed by atoms with Gasteiger partial charge in [0, 0.05) is 0 Å². The fourth-order valence-corrected chi connectivity index (χ4v) is 0.277. The van der Waals surface area contributed by atoms with Gasteiger partial charge in [-0.25, -0.2) is 0 Å². The van der Waals surface area contributed by atoms with Crippen molar-refractivity contribution in [2.75, 3.05) is 0 Å². The summed E-state index contributed by atoms with van der Waals surface area (Å²) >= 11 is 0.660. The average molecular weight is 259 g/mol. The van der Waals surface area contributed by atoms with Gasteiger partial charge in [-0.2, -0.15) is 14.9 Å². The van der Waals surface area contributed by atoms with Crippen LogP contribution in [0.15, 0.2) is 9.39 Å². The van der Waals surface area contributed by atoms with Gasteiger partial charge in [0.15, 0.2) is 17.3 Å². The van der Waals surface area contributed by atoms with Gasteiger partial charge in [-0.3, -0.25) is 5.41 Å². The van der Waals surface area contributed by atoms with Gasteiger partial charge in [0.1, 0.15) is 0 Å². The molecule has 0 aliphatic carbocycles. The van der Waals surface area contributed by atoms with Gasteiger partial charge in [-0.1, -0.05) is 0 Å². The van der Waals surface area contributed by atoms with Gasteiger partial charge >= 0.3 is 0 Å². The van der Waals surface area contributed by atoms with Crippen molar-refractivity contribution in [1.29, 1.82) is 15.9 Å². The topological polar surface area (TPSA) is 252 Å². The molecule has 0 heterocycles. The van der Waals surface area contributed by atoms with E-state index in [1.807, 2.05) is 0 Å². The van der Waals surface area contributed by atoms with Crippen LogP contribution >= 0.6 is 11.9 Å². The van der Waals surface area contributed by atoms with Crippen molar-refractivity contribution in [3.8, 4) is 11.6 Å². The van der Waals surface area contributed by atoms with Crippen molar-refractivity contribution in [3.63, 3.8) is 0 Å². The number of thiocyanates is 1. The maximum Gasteiger partial charge on any atom is 0.209 e. The van der Waals surface area contributed by atoms with E-state index in [0.717, 1.165) is 0 Å². The molecule has 0 bridgehead atoms. The summed E-state index contributed by atoms with van der Waals surface area (Å²) in [5, 5.41) is 23.2. The third-order valence-corrected chi connectivity index (χ3v) is 0.755. The number of nitrogens with one attached hydrogen (secondary N) is 1. The third kappa shape index (κ3) is 95.1. The zero-order chi connectivity index (χ0) is 14.3. The zero-order valence-corrected chi connectivity index (χ0v) is 9.48. The molecule has 13 N–H and O–H groups in total. The molecular weight excluding hydrogens is 246 g/mol. The van der Waals surface area contributed by atoms with Crippen molar-refractivity contribution >= 4 is 29.8 Å². The normalized spacial score (nSPS) is 6.24. The van der Waals surface area contributed by atoms with Gasteiger partial charge in [0.2, 0.25) is 12.2 Å². The highest BCUT2D eigenvalue weighted by molar-refractivity contribution is 8.02. The van der Waals surface area contributed by atoms with Crippen molar-refractivity contribution in [1.82, 2.24) is 0 Å². The molecule has 0 aromatic heterocycles. The van der Waals surface area contributed by atoms with E-state index >= 15 is 0 Å². The van der Waals surface area contributed by atoms with Gasteiger partial charge < -0.3 is 34.4 Å². The number of nitriles is 2. The Bertz CT molecular complexity index is 332. The SMILES string of the molecule is N#CN=C(N)N.N#CSN=C(N)N.N=C(N)N. The van der Waals surface area contributed by atoms with Crippen LogP contribution in [0.2, 0.25) is 0 Å². The molecule has 0 spiro atoms. The largest absolute Gasteiger partial charge is 0.370 e. The highest BCUT2D eigenvalue weighted by Gasteiger charge is 1.74. The van der Waals surface area contributed by atoms with Gasteiger partial charge in [-0.15, -0.1) is 4.99 Å². The molecule has 11 nitrogen and oxygen atoms in total. The smallest absolute Gasteiger partial charge is 0.209 e. The maximum absolute atomic E-state index is 7.81. The Labute approximate surface area is 102 Å². The minimum Gasteiger partial charge on any atom is -0.370 e. The van der Waals surface area contributed by atoms with Crippen LogP contribution in [0.3, 0.4) is 0 Å². The van der Waals surface area contributed by atoms with Crippen molar-refractivity contribution in [3.05, 3.63) is 0 Å². The summed E-state index contributed by atoms with van der Waals surface area (Å²) in [6.07, 6.45) is 1.41. The molecule has 12 heteroatoms. The maximum atomic E-state index is 7.81. The molecule has 0 aromatic rings. The molecule has 0 amide bonds. The van der Waals surface area contributed by atoms with Crippen LogP contribution in [0.1, 0.15) is 0 Å². The monoisotopic (exact) mass is 259 g/mol. The molecule has 17 heavy (non-hydrogen) atoms. The third-order valence-electron chi connectivity index (χ3n) is 0.371. The van der Waals surface area contributed by atoms with Crippen molar-refractivity contribution in [2.24, 2.45) is 43.8 Å². The van der Waals surface area contributed by atoms with Crippen LogP contribution < -0.4 is 34.4 Å². The summed E-state index contributed by atoms with van der Waals surface area (Å²) in [4.78, 5) is 2.90. The molecule has 0 saturated carbocycles. The van der Waals surface area contributed by atoms with Crippen LogP contribution in [-0.4, -0.2) is 17.9 Å². The van der Waals surface area contributed by atoms with E-state index in [-0.39, 0.29) is 17.9 Å². The number of aliphatic imine (C=N–C) groups is 1. The number of rotatable bonds is 1. The summed E-state index contributed by atoms with van der Waals surface area (Å²) < 4.78 is 3.27. The molecule has 0 fully saturated rings. The number of guanidine groups is 3. The number of hydrogen-bond donors (Lipinski definition) is 7. The Kier molecular flexibility index (Phi) is 18.1. The van der Waals surface area contributed by atoms with Crippen molar-refractivity contribution in [2.45, 2.75) is 0 Å². The zero-order valence-electron chi connectivity index (χ0n) is 8.66.